The summed E-state index contributed by atoms with van der Waals surface area (Å²) >= 11 is 1.83. The van der Waals surface area contributed by atoms with Crippen LogP contribution in [0.2, 0.25) is 0 Å². The van der Waals surface area contributed by atoms with Gasteiger partial charge in [-0.15, -0.1) is 0 Å². The fraction of sp³-hybridized carbons (Fsp3) is 0.417. The molecule has 0 spiro atoms. The van der Waals surface area contributed by atoms with Gasteiger partial charge in [-0.25, -0.2) is 8.78 Å². The van der Waals surface area contributed by atoms with Crippen LogP contribution in [-0.4, -0.2) is 24.0 Å². The van der Waals surface area contributed by atoms with E-state index in [1.165, 1.54) is 0 Å². The number of thioether (sulfide) groups is 1. The molecule has 1 aromatic rings. The van der Waals surface area contributed by atoms with E-state index in [0.29, 0.717) is 12.5 Å². The maximum Gasteiger partial charge on any atom is 0.254 e. The minimum absolute atomic E-state index is 0.335. The van der Waals surface area contributed by atoms with Gasteiger partial charge in [-0.05, 0) is 36.0 Å². The van der Waals surface area contributed by atoms with Crippen LogP contribution < -0.4 is 11.1 Å². The van der Waals surface area contributed by atoms with Crippen LogP contribution in [0.5, 0.6) is 0 Å². The van der Waals surface area contributed by atoms with E-state index in [-0.39, 0.29) is 11.3 Å². The Morgan fingerprint density at radius 3 is 2.94 bits per heavy atom. The van der Waals surface area contributed by atoms with E-state index in [1.807, 2.05) is 11.8 Å². The summed E-state index contributed by atoms with van der Waals surface area (Å²) in [7, 11) is 0. The zero-order chi connectivity index (χ0) is 13.1. The Morgan fingerprint density at radius 2 is 2.28 bits per heavy atom. The fourth-order valence-corrected chi connectivity index (χ4v) is 3.14. The predicted molar refractivity (Wildman–Crippen MR) is 68.5 cm³/mol. The number of hydrogen-bond donors (Lipinski definition) is 2. The van der Waals surface area contributed by atoms with E-state index in [2.05, 4.69) is 5.32 Å². The molecule has 1 aromatic carbocycles. The first-order valence-electron chi connectivity index (χ1n) is 5.68. The standard InChI is InChI=1S/C12H14F2N2OS/c13-8-3-9(11(14)10(15)4-8)12(17)16-5-7-1-2-18-6-7/h3-4,7H,1-2,5-6,15H2,(H,16,17). The molecule has 3 nitrogen and oxygen atoms in total. The van der Waals surface area contributed by atoms with Crippen molar-refractivity contribution >= 4 is 23.4 Å². The Hall–Kier alpha value is -1.30. The van der Waals surface area contributed by atoms with Gasteiger partial charge in [0.1, 0.15) is 5.82 Å². The molecule has 6 heteroatoms. The van der Waals surface area contributed by atoms with E-state index in [0.717, 1.165) is 30.1 Å². The van der Waals surface area contributed by atoms with Crippen LogP contribution in [-0.2, 0) is 0 Å². The molecule has 0 bridgehead atoms. The zero-order valence-corrected chi connectivity index (χ0v) is 10.5. The summed E-state index contributed by atoms with van der Waals surface area (Å²) < 4.78 is 26.7. The lowest BCUT2D eigenvalue weighted by atomic mass is 10.1. The molecule has 3 N–H and O–H groups in total. The van der Waals surface area contributed by atoms with Crippen LogP contribution in [0.1, 0.15) is 16.8 Å². The molecule has 98 valence electrons. The van der Waals surface area contributed by atoms with Gasteiger partial charge in [-0.3, -0.25) is 4.79 Å². The Kier molecular flexibility index (Phi) is 4.06. The van der Waals surface area contributed by atoms with E-state index >= 15 is 0 Å². The minimum Gasteiger partial charge on any atom is -0.396 e. The Morgan fingerprint density at radius 1 is 1.50 bits per heavy atom. The average Bonchev–Trinajstić information content (AvgIpc) is 2.83. The second-order valence-corrected chi connectivity index (χ2v) is 5.45. The van der Waals surface area contributed by atoms with Gasteiger partial charge < -0.3 is 11.1 Å². The van der Waals surface area contributed by atoms with Crippen molar-refractivity contribution in [1.29, 1.82) is 0 Å². The monoisotopic (exact) mass is 272 g/mol. The number of nitrogens with two attached hydrogens (primary N) is 1. The largest absolute Gasteiger partial charge is 0.396 e. The van der Waals surface area contributed by atoms with Crippen LogP contribution in [0.3, 0.4) is 0 Å². The van der Waals surface area contributed by atoms with Gasteiger partial charge in [-0.1, -0.05) is 0 Å². The summed E-state index contributed by atoms with van der Waals surface area (Å²) in [4.78, 5) is 11.7. The van der Waals surface area contributed by atoms with Crippen molar-refractivity contribution in [3.8, 4) is 0 Å². The second-order valence-electron chi connectivity index (χ2n) is 4.30. The number of carbonyl (C=O) groups is 1. The van der Waals surface area contributed by atoms with Gasteiger partial charge in [0.15, 0.2) is 5.82 Å². The molecule has 1 heterocycles. The molecule has 0 aliphatic carbocycles. The van der Waals surface area contributed by atoms with Gasteiger partial charge in [0.25, 0.3) is 5.91 Å². The quantitative estimate of drug-likeness (QED) is 0.828. The number of nitrogen functional groups attached to an aromatic ring is 1. The van der Waals surface area contributed by atoms with Crippen molar-refractivity contribution in [2.24, 2.45) is 5.92 Å². The molecule has 0 radical (unpaired) electrons. The lowest BCUT2D eigenvalue weighted by Crippen LogP contribution is -2.30. The zero-order valence-electron chi connectivity index (χ0n) is 9.71. The normalized spacial score (nSPS) is 18.9. The van der Waals surface area contributed by atoms with Crippen molar-refractivity contribution in [1.82, 2.24) is 5.32 Å². The highest BCUT2D eigenvalue weighted by Gasteiger charge is 2.19. The maximum absolute atomic E-state index is 13.6. The van der Waals surface area contributed by atoms with E-state index < -0.39 is 17.5 Å². The molecular formula is C12H14F2N2OS. The Labute approximate surface area is 108 Å². The topological polar surface area (TPSA) is 55.1 Å². The fourth-order valence-electron chi connectivity index (χ4n) is 1.85. The molecule has 1 atom stereocenters. The number of hydrogen-bond acceptors (Lipinski definition) is 3. The van der Waals surface area contributed by atoms with Crippen molar-refractivity contribution in [2.75, 3.05) is 23.8 Å². The number of rotatable bonds is 3. The third-order valence-corrected chi connectivity index (χ3v) is 4.12. The number of halogens is 2. The minimum atomic E-state index is -0.866. The Balaban J connectivity index is 2.04. The smallest absolute Gasteiger partial charge is 0.254 e. The summed E-state index contributed by atoms with van der Waals surface area (Å²) in [6.07, 6.45) is 1.04. The number of amides is 1. The average molecular weight is 272 g/mol. The lowest BCUT2D eigenvalue weighted by Gasteiger charge is -2.11. The highest BCUT2D eigenvalue weighted by molar-refractivity contribution is 7.99. The molecule has 1 unspecified atom stereocenters. The number of carbonyl (C=O) groups excluding carboxylic acids is 1. The van der Waals surface area contributed by atoms with Crippen molar-refractivity contribution in [3.63, 3.8) is 0 Å². The van der Waals surface area contributed by atoms with Crippen LogP contribution in [0.4, 0.5) is 14.5 Å². The van der Waals surface area contributed by atoms with E-state index in [9.17, 15) is 13.6 Å². The van der Waals surface area contributed by atoms with Crippen LogP contribution in [0.25, 0.3) is 0 Å². The van der Waals surface area contributed by atoms with Gasteiger partial charge in [0.2, 0.25) is 0 Å². The molecule has 2 rings (SSSR count). The third-order valence-electron chi connectivity index (χ3n) is 2.89. The summed E-state index contributed by atoms with van der Waals surface area (Å²) in [5.41, 5.74) is 4.59. The molecule has 0 saturated carbocycles. The van der Waals surface area contributed by atoms with Gasteiger partial charge in [0.05, 0.1) is 11.3 Å². The Bertz CT molecular complexity index is 462. The first-order valence-corrected chi connectivity index (χ1v) is 6.84. The van der Waals surface area contributed by atoms with Crippen LogP contribution in [0.15, 0.2) is 12.1 Å². The molecule has 18 heavy (non-hydrogen) atoms. The van der Waals surface area contributed by atoms with Crippen LogP contribution in [0, 0.1) is 17.6 Å². The summed E-state index contributed by atoms with van der Waals surface area (Å²) in [6.45, 7) is 0.488. The van der Waals surface area contributed by atoms with Gasteiger partial charge >= 0.3 is 0 Å². The molecule has 0 aromatic heterocycles. The first kappa shape index (κ1) is 13.1. The van der Waals surface area contributed by atoms with Crippen molar-refractivity contribution in [3.05, 3.63) is 29.3 Å². The second kappa shape index (κ2) is 5.56. The SMILES string of the molecule is Nc1cc(F)cc(C(=O)NCC2CCSC2)c1F. The molecular weight excluding hydrogens is 258 g/mol. The molecule has 1 amide bonds. The van der Waals surface area contributed by atoms with E-state index in [1.54, 1.807) is 0 Å². The van der Waals surface area contributed by atoms with Gasteiger partial charge in [-0.2, -0.15) is 11.8 Å². The molecule has 1 aliphatic rings. The third kappa shape index (κ3) is 2.93. The lowest BCUT2D eigenvalue weighted by molar-refractivity contribution is 0.0944. The highest BCUT2D eigenvalue weighted by Crippen LogP contribution is 2.23. The maximum atomic E-state index is 13.6. The molecule has 1 aliphatic heterocycles. The summed E-state index contributed by atoms with van der Waals surface area (Å²) in [5.74, 6) is 0.296. The van der Waals surface area contributed by atoms with Crippen LogP contribution >= 0.6 is 11.8 Å². The summed E-state index contributed by atoms with van der Waals surface area (Å²) in [6, 6.07) is 1.73. The number of nitrogens with one attached hydrogen (secondary N) is 1. The van der Waals surface area contributed by atoms with Crippen molar-refractivity contribution < 1.29 is 13.6 Å². The number of benzene rings is 1. The van der Waals surface area contributed by atoms with Crippen molar-refractivity contribution in [2.45, 2.75) is 6.42 Å². The predicted octanol–water partition coefficient (Wildman–Crippen LogP) is 2.03. The van der Waals surface area contributed by atoms with E-state index in [4.69, 9.17) is 5.73 Å². The first-order chi connectivity index (χ1) is 8.58. The van der Waals surface area contributed by atoms with Gasteiger partial charge in [0, 0.05) is 6.54 Å². The molecule has 1 saturated heterocycles. The highest BCUT2D eigenvalue weighted by atomic mass is 32.2. The molecule has 1 fully saturated rings. The number of anilines is 1. The summed E-state index contributed by atoms with van der Waals surface area (Å²) in [5, 5.41) is 2.62.